The van der Waals surface area contributed by atoms with Crippen LogP contribution in [0.15, 0.2) is 76.6 Å². The number of nitrogens with one attached hydrogen (secondary N) is 1. The summed E-state index contributed by atoms with van der Waals surface area (Å²) in [4.78, 5) is 43.4. The molecule has 0 bridgehead atoms. The molecule has 0 saturated heterocycles. The highest BCUT2D eigenvalue weighted by Crippen LogP contribution is 2.38. The molecule has 226 valence electrons. The van der Waals surface area contributed by atoms with E-state index in [0.29, 0.717) is 45.2 Å². The van der Waals surface area contributed by atoms with Crippen LogP contribution in [-0.4, -0.2) is 34.4 Å². The van der Waals surface area contributed by atoms with Gasteiger partial charge in [-0.2, -0.15) is 0 Å². The number of carbonyl (C=O) groups excluding carboxylic acids is 1. The standard InChI is InChI=1S/C32H29FN4O7/c1-6-36-17-29(30(38)37(32(36)40)21-9-7-20(33)8-10-21)44-31(39)35-23-11-12-25(19(3)18(23)2)43-26-13-14-34-24-16-28(42-5)27(41-4)15-22(24)26/h7-17H,6H2,1-5H3,(H,35,39). The molecular formula is C32H29FN4O7. The second-order valence-corrected chi connectivity index (χ2v) is 9.69. The molecule has 0 spiro atoms. The average molecular weight is 601 g/mol. The van der Waals surface area contributed by atoms with Gasteiger partial charge in [0.25, 0.3) is 0 Å². The molecular weight excluding hydrogens is 571 g/mol. The Morgan fingerprint density at radius 2 is 1.59 bits per heavy atom. The zero-order chi connectivity index (χ0) is 31.5. The summed E-state index contributed by atoms with van der Waals surface area (Å²) in [5.41, 5.74) is 1.13. The predicted octanol–water partition coefficient (Wildman–Crippen LogP) is 5.74. The first-order valence-corrected chi connectivity index (χ1v) is 13.5. The molecule has 0 unspecified atom stereocenters. The topological polar surface area (TPSA) is 123 Å². The molecule has 0 saturated carbocycles. The summed E-state index contributed by atoms with van der Waals surface area (Å²) >= 11 is 0. The molecule has 12 heteroatoms. The number of fused-ring (bicyclic) bond motifs is 1. The van der Waals surface area contributed by atoms with E-state index < -0.39 is 23.2 Å². The van der Waals surface area contributed by atoms with Gasteiger partial charge in [0.2, 0.25) is 5.75 Å². The molecule has 0 fully saturated rings. The number of methoxy groups -OCH3 is 2. The van der Waals surface area contributed by atoms with Gasteiger partial charge in [-0.25, -0.2) is 18.5 Å². The number of pyridine rings is 1. The van der Waals surface area contributed by atoms with Crippen molar-refractivity contribution in [3.63, 3.8) is 0 Å². The molecule has 11 nitrogen and oxygen atoms in total. The molecule has 0 aliphatic rings. The third-order valence-electron chi connectivity index (χ3n) is 7.15. The maximum Gasteiger partial charge on any atom is 0.417 e. The fourth-order valence-electron chi connectivity index (χ4n) is 4.62. The maximum absolute atomic E-state index is 13.5. The Labute approximate surface area is 251 Å². The fraction of sp³-hybridized carbons (Fsp3) is 0.188. The van der Waals surface area contributed by atoms with Crippen LogP contribution < -0.4 is 35.5 Å². The zero-order valence-corrected chi connectivity index (χ0v) is 24.6. The fourth-order valence-corrected chi connectivity index (χ4v) is 4.62. The minimum atomic E-state index is -0.939. The normalized spacial score (nSPS) is 10.9. The summed E-state index contributed by atoms with van der Waals surface area (Å²) in [6.45, 7) is 5.54. The lowest BCUT2D eigenvalue weighted by Crippen LogP contribution is -2.39. The molecule has 5 rings (SSSR count). The quantitative estimate of drug-likeness (QED) is 0.239. The molecule has 1 amide bonds. The largest absolute Gasteiger partial charge is 0.493 e. The minimum absolute atomic E-state index is 0.135. The van der Waals surface area contributed by atoms with Crippen LogP contribution in [-0.2, 0) is 6.54 Å². The van der Waals surface area contributed by atoms with Gasteiger partial charge in [-0.15, -0.1) is 0 Å². The number of hydrogen-bond donors (Lipinski definition) is 1. The highest BCUT2D eigenvalue weighted by atomic mass is 19.1. The number of aryl methyl sites for hydroxylation is 1. The van der Waals surface area contributed by atoms with Gasteiger partial charge in [0.1, 0.15) is 17.3 Å². The van der Waals surface area contributed by atoms with Gasteiger partial charge in [-0.1, -0.05) is 0 Å². The summed E-state index contributed by atoms with van der Waals surface area (Å²) in [7, 11) is 3.10. The number of ether oxygens (including phenoxy) is 4. The molecule has 1 N–H and O–H groups in total. The number of benzene rings is 3. The van der Waals surface area contributed by atoms with E-state index >= 15 is 0 Å². The van der Waals surface area contributed by atoms with Crippen LogP contribution in [0.4, 0.5) is 14.9 Å². The molecule has 2 aromatic heterocycles. The first-order chi connectivity index (χ1) is 21.1. The lowest BCUT2D eigenvalue weighted by atomic mass is 10.1. The molecule has 3 aromatic carbocycles. The van der Waals surface area contributed by atoms with Crippen LogP contribution in [0, 0.1) is 19.7 Å². The van der Waals surface area contributed by atoms with E-state index in [1.54, 1.807) is 64.6 Å². The van der Waals surface area contributed by atoms with Gasteiger partial charge >= 0.3 is 17.3 Å². The molecule has 0 radical (unpaired) electrons. The number of aromatic nitrogens is 3. The van der Waals surface area contributed by atoms with Crippen molar-refractivity contribution >= 4 is 22.7 Å². The summed E-state index contributed by atoms with van der Waals surface area (Å²) in [5.74, 6) is 1.26. The second-order valence-electron chi connectivity index (χ2n) is 9.69. The van der Waals surface area contributed by atoms with Gasteiger partial charge < -0.3 is 18.9 Å². The van der Waals surface area contributed by atoms with Gasteiger partial charge in [-0.3, -0.25) is 19.7 Å². The lowest BCUT2D eigenvalue weighted by molar-refractivity contribution is 0.213. The third kappa shape index (κ3) is 5.69. The third-order valence-corrected chi connectivity index (χ3v) is 7.15. The number of amides is 1. The van der Waals surface area contributed by atoms with E-state index in [1.807, 2.05) is 6.92 Å². The van der Waals surface area contributed by atoms with E-state index in [4.69, 9.17) is 18.9 Å². The van der Waals surface area contributed by atoms with E-state index in [1.165, 1.54) is 22.9 Å². The van der Waals surface area contributed by atoms with Gasteiger partial charge in [0.15, 0.2) is 11.5 Å². The molecule has 2 heterocycles. The molecule has 0 aliphatic carbocycles. The Bertz CT molecular complexity index is 2000. The summed E-state index contributed by atoms with van der Waals surface area (Å²) in [6.07, 6.45) is 1.86. The van der Waals surface area contributed by atoms with Crippen molar-refractivity contribution < 1.29 is 28.1 Å². The molecule has 0 atom stereocenters. The van der Waals surface area contributed by atoms with E-state index in [2.05, 4.69) is 10.3 Å². The number of hydrogen-bond acceptors (Lipinski definition) is 8. The number of carbonyl (C=O) groups is 1. The number of nitrogens with zero attached hydrogens (tertiary/aromatic N) is 3. The van der Waals surface area contributed by atoms with Crippen molar-refractivity contribution in [2.24, 2.45) is 0 Å². The highest BCUT2D eigenvalue weighted by Gasteiger charge is 2.19. The number of anilines is 1. The Kier molecular flexibility index (Phi) is 8.34. The van der Waals surface area contributed by atoms with Crippen molar-refractivity contribution in [2.75, 3.05) is 19.5 Å². The number of halogens is 1. The number of rotatable bonds is 8. The summed E-state index contributed by atoms with van der Waals surface area (Å²) in [5, 5.41) is 3.37. The first-order valence-electron chi connectivity index (χ1n) is 13.5. The van der Waals surface area contributed by atoms with Crippen LogP contribution >= 0.6 is 0 Å². The average Bonchev–Trinajstić information content (AvgIpc) is 3.02. The molecule has 5 aromatic rings. The predicted molar refractivity (Wildman–Crippen MR) is 162 cm³/mol. The van der Waals surface area contributed by atoms with Crippen LogP contribution in [0.3, 0.4) is 0 Å². The highest BCUT2D eigenvalue weighted by molar-refractivity contribution is 5.89. The Balaban J connectivity index is 1.40. The Morgan fingerprint density at radius 1 is 0.886 bits per heavy atom. The monoisotopic (exact) mass is 600 g/mol. The van der Waals surface area contributed by atoms with Gasteiger partial charge in [-0.05, 0) is 80.4 Å². The minimum Gasteiger partial charge on any atom is -0.493 e. The van der Waals surface area contributed by atoms with Crippen molar-refractivity contribution in [2.45, 2.75) is 27.3 Å². The summed E-state index contributed by atoms with van der Waals surface area (Å²) < 4.78 is 37.9. The van der Waals surface area contributed by atoms with E-state index in [0.717, 1.165) is 22.3 Å². The summed E-state index contributed by atoms with van der Waals surface area (Å²) in [6, 6.07) is 13.5. The van der Waals surface area contributed by atoms with Crippen molar-refractivity contribution in [3.8, 4) is 34.4 Å². The smallest absolute Gasteiger partial charge is 0.417 e. The second kappa shape index (κ2) is 12.3. The zero-order valence-electron chi connectivity index (χ0n) is 24.6. The Hall–Kier alpha value is -5.65. The van der Waals surface area contributed by atoms with E-state index in [9.17, 15) is 18.8 Å². The molecule has 44 heavy (non-hydrogen) atoms. The van der Waals surface area contributed by atoms with Crippen LogP contribution in [0.5, 0.6) is 28.7 Å². The van der Waals surface area contributed by atoms with Crippen molar-refractivity contribution in [3.05, 3.63) is 105 Å². The van der Waals surface area contributed by atoms with Gasteiger partial charge in [0, 0.05) is 29.9 Å². The van der Waals surface area contributed by atoms with Crippen molar-refractivity contribution in [1.29, 1.82) is 0 Å². The van der Waals surface area contributed by atoms with Crippen LogP contribution in [0.1, 0.15) is 18.1 Å². The first kappa shape index (κ1) is 29.8. The van der Waals surface area contributed by atoms with Gasteiger partial charge in [0.05, 0.1) is 31.6 Å². The lowest BCUT2D eigenvalue weighted by Gasteiger charge is -2.17. The Morgan fingerprint density at radius 3 is 2.27 bits per heavy atom. The maximum atomic E-state index is 13.5. The molecule has 0 aliphatic heterocycles. The van der Waals surface area contributed by atoms with Crippen LogP contribution in [0.25, 0.3) is 16.6 Å². The van der Waals surface area contributed by atoms with E-state index in [-0.39, 0.29) is 18.0 Å². The van der Waals surface area contributed by atoms with Crippen LogP contribution in [0.2, 0.25) is 0 Å². The SMILES string of the molecule is CCn1cc(OC(=O)Nc2ccc(Oc3ccnc4cc(OC)c(OC)cc34)c(C)c2C)c(=O)n(-c2ccc(F)cc2)c1=O. The van der Waals surface area contributed by atoms with Crippen molar-refractivity contribution in [1.82, 2.24) is 14.1 Å².